The molecule has 1 N–H and O–H groups in total. The average molecular weight is 263 g/mol. The molecule has 0 atom stereocenters. The zero-order valence-corrected chi connectivity index (χ0v) is 10.2. The van der Waals surface area contributed by atoms with Crippen LogP contribution in [0, 0.1) is 0 Å². The third kappa shape index (κ3) is 1.97. The third-order valence-electron chi connectivity index (χ3n) is 2.32. The predicted octanol–water partition coefficient (Wildman–Crippen LogP) is 3.72. The van der Waals surface area contributed by atoms with Crippen molar-refractivity contribution >= 4 is 33.2 Å². The lowest BCUT2D eigenvalue weighted by atomic mass is 10.3. The van der Waals surface area contributed by atoms with Gasteiger partial charge >= 0.3 is 0 Å². The van der Waals surface area contributed by atoms with Crippen molar-refractivity contribution in [3.8, 4) is 16.3 Å². The lowest BCUT2D eigenvalue weighted by Gasteiger charge is -1.94. The van der Waals surface area contributed by atoms with Crippen LogP contribution in [-0.2, 0) is 0 Å². The molecule has 0 aliphatic heterocycles. The maximum Gasteiger partial charge on any atom is 0.134 e. The molecule has 5 heteroatoms. The summed E-state index contributed by atoms with van der Waals surface area (Å²) in [5.74, 6) is 0.139. The van der Waals surface area contributed by atoms with Gasteiger partial charge in [-0.1, -0.05) is 11.6 Å². The summed E-state index contributed by atoms with van der Waals surface area (Å²) in [6.45, 7) is 0. The fourth-order valence-corrected chi connectivity index (χ4v) is 2.79. The zero-order chi connectivity index (χ0) is 11.8. The van der Waals surface area contributed by atoms with E-state index in [4.69, 9.17) is 11.6 Å². The number of aromatic hydroxyl groups is 1. The Hall–Kier alpha value is -1.65. The van der Waals surface area contributed by atoms with Crippen molar-refractivity contribution in [3.05, 3.63) is 41.7 Å². The molecule has 0 saturated carbocycles. The molecule has 0 spiro atoms. The van der Waals surface area contributed by atoms with Crippen LogP contribution in [0.4, 0.5) is 0 Å². The number of benzene rings is 1. The highest BCUT2D eigenvalue weighted by Gasteiger charge is 2.07. The number of halogens is 1. The van der Waals surface area contributed by atoms with E-state index in [1.807, 2.05) is 18.2 Å². The van der Waals surface area contributed by atoms with Crippen molar-refractivity contribution in [3.63, 3.8) is 0 Å². The van der Waals surface area contributed by atoms with Gasteiger partial charge in [-0.25, -0.2) is 4.98 Å². The van der Waals surface area contributed by atoms with Crippen molar-refractivity contribution in [2.24, 2.45) is 0 Å². The Kier molecular flexibility index (Phi) is 2.46. The average Bonchev–Trinajstić information content (AvgIpc) is 2.72. The van der Waals surface area contributed by atoms with E-state index in [0.717, 1.165) is 20.8 Å². The SMILES string of the molecule is Oc1cncc(-c2nc3ccc(Cl)cc3s2)c1. The third-order valence-corrected chi connectivity index (χ3v) is 3.62. The highest BCUT2D eigenvalue weighted by Crippen LogP contribution is 2.32. The number of rotatable bonds is 1. The zero-order valence-electron chi connectivity index (χ0n) is 8.59. The van der Waals surface area contributed by atoms with Gasteiger partial charge in [-0.2, -0.15) is 0 Å². The molecule has 2 aromatic heterocycles. The fourth-order valence-electron chi connectivity index (χ4n) is 1.57. The van der Waals surface area contributed by atoms with Crippen LogP contribution in [0.3, 0.4) is 0 Å². The molecule has 0 unspecified atom stereocenters. The molecular formula is C12H7ClN2OS. The molecule has 0 amide bonds. The van der Waals surface area contributed by atoms with Gasteiger partial charge in [0.2, 0.25) is 0 Å². The molecule has 0 radical (unpaired) electrons. The molecule has 1 aromatic carbocycles. The fraction of sp³-hybridized carbons (Fsp3) is 0. The van der Waals surface area contributed by atoms with E-state index < -0.39 is 0 Å². The van der Waals surface area contributed by atoms with Crippen LogP contribution in [0.15, 0.2) is 36.7 Å². The standard InChI is InChI=1S/C12H7ClN2OS/c13-8-1-2-10-11(4-8)17-12(15-10)7-3-9(16)6-14-5-7/h1-6,16H. The summed E-state index contributed by atoms with van der Waals surface area (Å²) in [7, 11) is 0. The summed E-state index contributed by atoms with van der Waals surface area (Å²) in [6.07, 6.45) is 3.08. The highest BCUT2D eigenvalue weighted by atomic mass is 35.5. The van der Waals surface area contributed by atoms with E-state index in [0.29, 0.717) is 5.02 Å². The van der Waals surface area contributed by atoms with E-state index in [1.54, 1.807) is 12.3 Å². The molecule has 0 bridgehead atoms. The number of fused-ring (bicyclic) bond motifs is 1. The predicted molar refractivity (Wildman–Crippen MR) is 69.5 cm³/mol. The number of aromatic nitrogens is 2. The minimum Gasteiger partial charge on any atom is -0.506 e. The van der Waals surface area contributed by atoms with Gasteiger partial charge in [-0.05, 0) is 24.3 Å². The normalized spacial score (nSPS) is 10.9. The second-order valence-electron chi connectivity index (χ2n) is 3.56. The van der Waals surface area contributed by atoms with Crippen LogP contribution in [0.1, 0.15) is 0 Å². The van der Waals surface area contributed by atoms with Gasteiger partial charge in [-0.15, -0.1) is 11.3 Å². The highest BCUT2D eigenvalue weighted by molar-refractivity contribution is 7.21. The Balaban J connectivity index is 2.18. The van der Waals surface area contributed by atoms with Gasteiger partial charge in [0.1, 0.15) is 10.8 Å². The molecule has 3 rings (SSSR count). The molecule has 0 saturated heterocycles. The Bertz CT molecular complexity index is 696. The Morgan fingerprint density at radius 2 is 2.06 bits per heavy atom. The quantitative estimate of drug-likeness (QED) is 0.727. The topological polar surface area (TPSA) is 46.0 Å². The number of thiazole rings is 1. The first-order valence-corrected chi connectivity index (χ1v) is 6.12. The first kappa shape index (κ1) is 10.5. The molecule has 2 heterocycles. The van der Waals surface area contributed by atoms with Crippen LogP contribution in [-0.4, -0.2) is 15.1 Å². The first-order chi connectivity index (χ1) is 8.22. The number of hydrogen-bond donors (Lipinski definition) is 1. The molecule has 0 fully saturated rings. The number of pyridine rings is 1. The van der Waals surface area contributed by atoms with Gasteiger partial charge in [0.05, 0.1) is 16.4 Å². The number of hydrogen-bond acceptors (Lipinski definition) is 4. The maximum atomic E-state index is 9.39. The largest absolute Gasteiger partial charge is 0.506 e. The van der Waals surface area contributed by atoms with Gasteiger partial charge in [-0.3, -0.25) is 4.98 Å². The van der Waals surface area contributed by atoms with Crippen LogP contribution in [0.5, 0.6) is 5.75 Å². The summed E-state index contributed by atoms with van der Waals surface area (Å²) in [5, 5.41) is 10.9. The van der Waals surface area contributed by atoms with Gasteiger partial charge < -0.3 is 5.11 Å². The molecular weight excluding hydrogens is 256 g/mol. The lowest BCUT2D eigenvalue weighted by molar-refractivity contribution is 0.473. The summed E-state index contributed by atoms with van der Waals surface area (Å²) >= 11 is 7.45. The second kappa shape index (κ2) is 3.98. The van der Waals surface area contributed by atoms with Crippen molar-refractivity contribution < 1.29 is 5.11 Å². The molecule has 3 nitrogen and oxygen atoms in total. The first-order valence-electron chi connectivity index (χ1n) is 4.93. The van der Waals surface area contributed by atoms with Crippen LogP contribution in [0.2, 0.25) is 5.02 Å². The number of nitrogens with zero attached hydrogens (tertiary/aromatic N) is 2. The van der Waals surface area contributed by atoms with Crippen molar-refractivity contribution in [1.29, 1.82) is 0 Å². The minimum atomic E-state index is 0.139. The van der Waals surface area contributed by atoms with Crippen molar-refractivity contribution in [2.45, 2.75) is 0 Å². The van der Waals surface area contributed by atoms with E-state index in [2.05, 4.69) is 9.97 Å². The van der Waals surface area contributed by atoms with Gasteiger partial charge in [0.15, 0.2) is 0 Å². The summed E-state index contributed by atoms with van der Waals surface area (Å²) in [6, 6.07) is 7.22. The summed E-state index contributed by atoms with van der Waals surface area (Å²) in [5.41, 5.74) is 1.71. The van der Waals surface area contributed by atoms with E-state index in [1.165, 1.54) is 17.5 Å². The van der Waals surface area contributed by atoms with Crippen LogP contribution in [0.25, 0.3) is 20.8 Å². The van der Waals surface area contributed by atoms with E-state index >= 15 is 0 Å². The molecule has 84 valence electrons. The van der Waals surface area contributed by atoms with Gasteiger partial charge in [0.25, 0.3) is 0 Å². The summed E-state index contributed by atoms with van der Waals surface area (Å²) in [4.78, 5) is 8.41. The Labute approximate surface area is 106 Å². The van der Waals surface area contributed by atoms with Gasteiger partial charge in [0, 0.05) is 16.8 Å². The maximum absolute atomic E-state index is 9.39. The molecule has 17 heavy (non-hydrogen) atoms. The van der Waals surface area contributed by atoms with Crippen molar-refractivity contribution in [1.82, 2.24) is 9.97 Å². The van der Waals surface area contributed by atoms with Crippen LogP contribution >= 0.6 is 22.9 Å². The van der Waals surface area contributed by atoms with E-state index in [9.17, 15) is 5.11 Å². The summed E-state index contributed by atoms with van der Waals surface area (Å²) < 4.78 is 1.02. The van der Waals surface area contributed by atoms with Crippen LogP contribution < -0.4 is 0 Å². The molecule has 0 aliphatic rings. The molecule has 0 aliphatic carbocycles. The monoisotopic (exact) mass is 262 g/mol. The Morgan fingerprint density at radius 1 is 1.18 bits per heavy atom. The van der Waals surface area contributed by atoms with E-state index in [-0.39, 0.29) is 5.75 Å². The molecule has 3 aromatic rings. The Morgan fingerprint density at radius 3 is 2.88 bits per heavy atom. The van der Waals surface area contributed by atoms with Crippen molar-refractivity contribution in [2.75, 3.05) is 0 Å². The second-order valence-corrected chi connectivity index (χ2v) is 5.03. The minimum absolute atomic E-state index is 0.139. The lowest BCUT2D eigenvalue weighted by Crippen LogP contribution is -1.78. The smallest absolute Gasteiger partial charge is 0.134 e.